The number of amides is 2. The van der Waals surface area contributed by atoms with E-state index < -0.39 is 0 Å². The molecule has 1 aromatic rings. The highest BCUT2D eigenvalue weighted by molar-refractivity contribution is 7.99. The van der Waals surface area contributed by atoms with Gasteiger partial charge in [-0.3, -0.25) is 9.59 Å². The van der Waals surface area contributed by atoms with Gasteiger partial charge in [-0.15, -0.1) is 11.8 Å². The molecule has 2 fully saturated rings. The van der Waals surface area contributed by atoms with Crippen LogP contribution >= 0.6 is 11.8 Å². The number of hydrogen-bond acceptors (Lipinski definition) is 3. The van der Waals surface area contributed by atoms with E-state index in [-0.39, 0.29) is 11.8 Å². The summed E-state index contributed by atoms with van der Waals surface area (Å²) in [5.41, 5.74) is 2.53. The highest BCUT2D eigenvalue weighted by Gasteiger charge is 2.30. The van der Waals surface area contributed by atoms with Crippen molar-refractivity contribution in [3.05, 3.63) is 35.4 Å². The minimum absolute atomic E-state index is 0.127. The van der Waals surface area contributed by atoms with Crippen LogP contribution in [0.3, 0.4) is 0 Å². The molecular weight excluding hydrogens is 332 g/mol. The number of nitrogens with zero attached hydrogens (tertiary/aromatic N) is 2. The summed E-state index contributed by atoms with van der Waals surface area (Å²) in [5.74, 6) is 2.06. The van der Waals surface area contributed by atoms with Crippen LogP contribution in [0, 0.1) is 12.8 Å². The van der Waals surface area contributed by atoms with Crippen molar-refractivity contribution in [3.8, 4) is 0 Å². The average molecular weight is 361 g/mol. The molecule has 0 N–H and O–H groups in total. The van der Waals surface area contributed by atoms with Gasteiger partial charge < -0.3 is 9.80 Å². The molecule has 4 nitrogen and oxygen atoms in total. The summed E-state index contributed by atoms with van der Waals surface area (Å²) in [4.78, 5) is 28.8. The largest absolute Gasteiger partial charge is 0.342 e. The van der Waals surface area contributed by atoms with E-state index >= 15 is 0 Å². The van der Waals surface area contributed by atoms with Crippen molar-refractivity contribution < 1.29 is 9.59 Å². The van der Waals surface area contributed by atoms with E-state index in [0.717, 1.165) is 57.6 Å². The average Bonchev–Trinajstić information content (AvgIpc) is 3.16. The van der Waals surface area contributed by atoms with Crippen molar-refractivity contribution in [2.24, 2.45) is 5.92 Å². The van der Waals surface area contributed by atoms with Crippen molar-refractivity contribution in [2.45, 2.75) is 38.4 Å². The fraction of sp³-hybridized carbons (Fsp3) is 0.600. The molecule has 2 amide bonds. The number of carbonyl (C=O) groups excluding carboxylic acids is 2. The summed E-state index contributed by atoms with van der Waals surface area (Å²) in [6, 6.07) is 8.44. The highest BCUT2D eigenvalue weighted by atomic mass is 32.2. The molecule has 0 unspecified atom stereocenters. The Balaban J connectivity index is 1.38. The smallest absolute Gasteiger partial charge is 0.232 e. The van der Waals surface area contributed by atoms with Crippen molar-refractivity contribution in [2.75, 3.05) is 31.9 Å². The normalized spacial score (nSPS) is 18.6. The van der Waals surface area contributed by atoms with Gasteiger partial charge >= 0.3 is 0 Å². The first kappa shape index (κ1) is 18.3. The Kier molecular flexibility index (Phi) is 6.40. The summed E-state index contributed by atoms with van der Waals surface area (Å²) in [7, 11) is 0. The van der Waals surface area contributed by atoms with E-state index in [4.69, 9.17) is 0 Å². The third-order valence-electron chi connectivity index (χ3n) is 5.19. The minimum Gasteiger partial charge on any atom is -0.342 e. The van der Waals surface area contributed by atoms with Gasteiger partial charge in [0, 0.05) is 37.8 Å². The van der Waals surface area contributed by atoms with Crippen LogP contribution in [-0.2, 0) is 15.3 Å². The second-order valence-corrected chi connectivity index (χ2v) is 8.15. The van der Waals surface area contributed by atoms with Gasteiger partial charge in [0.05, 0.1) is 5.75 Å². The molecule has 2 aliphatic heterocycles. The molecule has 5 heteroatoms. The zero-order valence-corrected chi connectivity index (χ0v) is 15.9. The van der Waals surface area contributed by atoms with Crippen LogP contribution in [0.4, 0.5) is 0 Å². The standard InChI is InChI=1S/C20H28N2O2S/c1-16-5-4-6-17(13-16)14-25-15-19(23)21-11-7-18(8-12-21)20(24)22-9-2-3-10-22/h4-6,13,18H,2-3,7-12,14-15H2,1H3. The summed E-state index contributed by atoms with van der Waals surface area (Å²) < 4.78 is 0. The second-order valence-electron chi connectivity index (χ2n) is 7.17. The number of rotatable bonds is 5. The zero-order chi connectivity index (χ0) is 17.6. The molecule has 2 saturated heterocycles. The summed E-state index contributed by atoms with van der Waals surface area (Å²) in [5, 5.41) is 0. The van der Waals surface area contributed by atoms with E-state index in [2.05, 4.69) is 31.2 Å². The highest BCUT2D eigenvalue weighted by Crippen LogP contribution is 2.23. The lowest BCUT2D eigenvalue weighted by Gasteiger charge is -2.33. The van der Waals surface area contributed by atoms with Crippen LogP contribution in [0.25, 0.3) is 0 Å². The molecule has 3 rings (SSSR count). The van der Waals surface area contributed by atoms with E-state index in [1.54, 1.807) is 11.8 Å². The lowest BCUT2D eigenvalue weighted by Crippen LogP contribution is -2.44. The number of piperidine rings is 1. The summed E-state index contributed by atoms with van der Waals surface area (Å²) >= 11 is 1.68. The van der Waals surface area contributed by atoms with Crippen LogP contribution in [0.5, 0.6) is 0 Å². The third-order valence-corrected chi connectivity index (χ3v) is 6.18. The van der Waals surface area contributed by atoms with E-state index in [0.29, 0.717) is 11.7 Å². The van der Waals surface area contributed by atoms with Gasteiger partial charge in [-0.25, -0.2) is 0 Å². The van der Waals surface area contributed by atoms with Gasteiger partial charge in [0.25, 0.3) is 0 Å². The first-order valence-electron chi connectivity index (χ1n) is 9.33. The molecule has 25 heavy (non-hydrogen) atoms. The van der Waals surface area contributed by atoms with Crippen molar-refractivity contribution in [1.82, 2.24) is 9.80 Å². The number of thioether (sulfide) groups is 1. The number of carbonyl (C=O) groups is 2. The number of likely N-dealkylation sites (tertiary alicyclic amines) is 2. The molecule has 2 heterocycles. The Bertz CT molecular complexity index is 605. The molecule has 2 aliphatic rings. The van der Waals surface area contributed by atoms with Crippen LogP contribution in [0.2, 0.25) is 0 Å². The zero-order valence-electron chi connectivity index (χ0n) is 15.1. The molecule has 0 aromatic heterocycles. The van der Waals surface area contributed by atoms with Gasteiger partial charge in [-0.05, 0) is 38.2 Å². The molecular formula is C20H28N2O2S. The maximum atomic E-state index is 12.5. The number of hydrogen-bond donors (Lipinski definition) is 0. The molecule has 0 aliphatic carbocycles. The fourth-order valence-electron chi connectivity index (χ4n) is 3.72. The molecule has 0 atom stereocenters. The molecule has 0 radical (unpaired) electrons. The fourth-order valence-corrected chi connectivity index (χ4v) is 4.60. The monoisotopic (exact) mass is 360 g/mol. The Morgan fingerprint density at radius 2 is 1.80 bits per heavy atom. The lowest BCUT2D eigenvalue weighted by atomic mass is 9.95. The van der Waals surface area contributed by atoms with Gasteiger partial charge in [-0.2, -0.15) is 0 Å². The van der Waals surface area contributed by atoms with Gasteiger partial charge in [0.2, 0.25) is 11.8 Å². The molecule has 0 bridgehead atoms. The Hall–Kier alpha value is -1.49. The van der Waals surface area contributed by atoms with Gasteiger partial charge in [0.1, 0.15) is 0 Å². The molecule has 136 valence electrons. The van der Waals surface area contributed by atoms with Crippen molar-refractivity contribution in [3.63, 3.8) is 0 Å². The Morgan fingerprint density at radius 1 is 1.08 bits per heavy atom. The predicted octanol–water partition coefficient (Wildman–Crippen LogP) is 3.09. The maximum Gasteiger partial charge on any atom is 0.232 e. The summed E-state index contributed by atoms with van der Waals surface area (Å²) in [6.45, 7) is 5.40. The molecule has 0 saturated carbocycles. The van der Waals surface area contributed by atoms with E-state index in [1.165, 1.54) is 11.1 Å². The molecule has 0 spiro atoms. The van der Waals surface area contributed by atoms with Crippen molar-refractivity contribution in [1.29, 1.82) is 0 Å². The van der Waals surface area contributed by atoms with E-state index in [1.807, 2.05) is 9.80 Å². The number of benzene rings is 1. The second kappa shape index (κ2) is 8.75. The van der Waals surface area contributed by atoms with Gasteiger partial charge in [-0.1, -0.05) is 29.8 Å². The maximum absolute atomic E-state index is 12.5. The Labute approximate surface area is 154 Å². The minimum atomic E-state index is 0.127. The van der Waals surface area contributed by atoms with Crippen LogP contribution in [0.1, 0.15) is 36.8 Å². The molecule has 1 aromatic carbocycles. The first-order chi connectivity index (χ1) is 12.1. The number of aryl methyl sites for hydroxylation is 1. The SMILES string of the molecule is Cc1cccc(CSCC(=O)N2CCC(C(=O)N3CCCC3)CC2)c1. The van der Waals surface area contributed by atoms with Crippen molar-refractivity contribution >= 4 is 23.6 Å². The van der Waals surface area contributed by atoms with Crippen LogP contribution in [0.15, 0.2) is 24.3 Å². The van der Waals surface area contributed by atoms with Gasteiger partial charge in [0.15, 0.2) is 0 Å². The third kappa shape index (κ3) is 5.00. The summed E-state index contributed by atoms with van der Waals surface area (Å²) in [6.07, 6.45) is 3.93. The predicted molar refractivity (Wildman–Crippen MR) is 102 cm³/mol. The van der Waals surface area contributed by atoms with E-state index in [9.17, 15) is 9.59 Å². The topological polar surface area (TPSA) is 40.6 Å². The quantitative estimate of drug-likeness (QED) is 0.810. The lowest BCUT2D eigenvalue weighted by molar-refractivity contribution is -0.139. The van der Waals surface area contributed by atoms with Crippen LogP contribution < -0.4 is 0 Å². The van der Waals surface area contributed by atoms with Crippen LogP contribution in [-0.4, -0.2) is 53.5 Å². The Morgan fingerprint density at radius 3 is 2.48 bits per heavy atom. The first-order valence-corrected chi connectivity index (χ1v) is 10.5.